The van der Waals surface area contributed by atoms with E-state index in [0.717, 1.165) is 18.5 Å². The minimum absolute atomic E-state index is 0.131. The average Bonchev–Trinajstić information content (AvgIpc) is 2.86. The van der Waals surface area contributed by atoms with Gasteiger partial charge in [-0.3, -0.25) is 0 Å². The van der Waals surface area contributed by atoms with E-state index >= 15 is 0 Å². The predicted octanol–water partition coefficient (Wildman–Crippen LogP) is 5.39. The van der Waals surface area contributed by atoms with E-state index in [-0.39, 0.29) is 17.7 Å². The number of likely N-dealkylation sites (N-methyl/N-ethyl adjacent to an activating group) is 1. The normalized spacial score (nSPS) is 20.5. The third kappa shape index (κ3) is 6.29. The van der Waals surface area contributed by atoms with Gasteiger partial charge in [-0.1, -0.05) is 18.2 Å². The highest BCUT2D eigenvalue weighted by Crippen LogP contribution is 2.39. The Bertz CT molecular complexity index is 1380. The van der Waals surface area contributed by atoms with Gasteiger partial charge in [-0.2, -0.15) is 13.2 Å². The van der Waals surface area contributed by atoms with Crippen molar-refractivity contribution in [2.45, 2.75) is 54.2 Å². The van der Waals surface area contributed by atoms with Gasteiger partial charge in [0, 0.05) is 18.3 Å². The van der Waals surface area contributed by atoms with Crippen molar-refractivity contribution in [3.63, 3.8) is 0 Å². The first-order valence-corrected chi connectivity index (χ1v) is 13.5. The Morgan fingerprint density at radius 2 is 1.82 bits per heavy atom. The Kier molecular flexibility index (Phi) is 8.03. The zero-order valence-electron chi connectivity index (χ0n) is 20.6. The molecule has 0 amide bonds. The summed E-state index contributed by atoms with van der Waals surface area (Å²) in [7, 11) is -0.695. The number of halogens is 5. The second kappa shape index (κ2) is 10.9. The molecule has 0 saturated heterocycles. The summed E-state index contributed by atoms with van der Waals surface area (Å²) in [6.07, 6.45) is -1.26. The van der Waals surface area contributed by atoms with Gasteiger partial charge in [0.05, 0.1) is 17.0 Å². The van der Waals surface area contributed by atoms with Gasteiger partial charge < -0.3 is 9.64 Å². The van der Waals surface area contributed by atoms with Crippen LogP contribution in [-0.4, -0.2) is 49.5 Å². The van der Waals surface area contributed by atoms with Gasteiger partial charge in [0.1, 0.15) is 23.1 Å². The summed E-state index contributed by atoms with van der Waals surface area (Å²) in [6, 6.07) is 7.57. The summed E-state index contributed by atoms with van der Waals surface area (Å²) in [4.78, 5) is 8.54. The predicted molar refractivity (Wildman–Crippen MR) is 129 cm³/mol. The number of alkyl halides is 3. The van der Waals surface area contributed by atoms with Gasteiger partial charge in [-0.15, -0.1) is 0 Å². The lowest BCUT2D eigenvalue weighted by molar-refractivity contribution is -0.137. The van der Waals surface area contributed by atoms with E-state index in [2.05, 4.69) is 9.97 Å². The molecule has 3 atom stereocenters. The van der Waals surface area contributed by atoms with Crippen LogP contribution in [0.5, 0.6) is 5.75 Å². The maximum absolute atomic E-state index is 15.0. The molecule has 4 rings (SSSR count). The lowest BCUT2D eigenvalue weighted by Crippen LogP contribution is -2.46. The molecule has 0 N–H and O–H groups in total. The summed E-state index contributed by atoms with van der Waals surface area (Å²) in [6.45, 7) is 0. The van der Waals surface area contributed by atoms with Crippen molar-refractivity contribution < 1.29 is 35.1 Å². The molecule has 1 aliphatic rings. The quantitative estimate of drug-likeness (QED) is 0.364. The molecule has 38 heavy (non-hydrogen) atoms. The molecule has 1 aliphatic carbocycles. The van der Waals surface area contributed by atoms with Crippen LogP contribution in [-0.2, 0) is 21.8 Å². The molecule has 1 aromatic heterocycles. The van der Waals surface area contributed by atoms with Gasteiger partial charge in [0.25, 0.3) is 0 Å². The Hall–Kier alpha value is -3.12. The molecule has 1 saturated carbocycles. The molecule has 0 unspecified atom stereocenters. The van der Waals surface area contributed by atoms with Crippen LogP contribution in [0.25, 0.3) is 0 Å². The molecule has 2 aromatic carbocycles. The van der Waals surface area contributed by atoms with E-state index in [0.29, 0.717) is 37.0 Å². The molecule has 6 nitrogen and oxygen atoms in total. The van der Waals surface area contributed by atoms with Crippen LogP contribution in [0.3, 0.4) is 0 Å². The minimum Gasteiger partial charge on any atom is -0.486 e. The third-order valence-corrected chi connectivity index (χ3v) is 8.34. The van der Waals surface area contributed by atoms with Crippen molar-refractivity contribution >= 4 is 9.84 Å². The minimum atomic E-state index is -4.45. The van der Waals surface area contributed by atoms with Crippen LogP contribution in [0.1, 0.15) is 42.0 Å². The number of benzene rings is 2. The smallest absolute Gasteiger partial charge is 0.416 e. The van der Waals surface area contributed by atoms with Crippen molar-refractivity contribution in [1.29, 1.82) is 0 Å². The molecule has 3 aromatic rings. The highest BCUT2D eigenvalue weighted by molar-refractivity contribution is 7.90. The maximum Gasteiger partial charge on any atom is 0.416 e. The summed E-state index contributed by atoms with van der Waals surface area (Å²) in [5.41, 5.74) is -0.0332. The lowest BCUT2D eigenvalue weighted by Gasteiger charge is -2.40. The van der Waals surface area contributed by atoms with Crippen LogP contribution < -0.4 is 4.74 Å². The van der Waals surface area contributed by atoms with E-state index < -0.39 is 55.7 Å². The average molecular weight is 556 g/mol. The molecule has 12 heteroatoms. The van der Waals surface area contributed by atoms with E-state index in [9.17, 15) is 30.4 Å². The van der Waals surface area contributed by atoms with E-state index in [1.165, 1.54) is 18.3 Å². The number of hydrogen-bond acceptors (Lipinski definition) is 6. The molecular formula is C26H26F5N3O3S. The summed E-state index contributed by atoms with van der Waals surface area (Å²) < 4.78 is 101. The fraction of sp³-hybridized carbons (Fsp3) is 0.385. The first kappa shape index (κ1) is 27.9. The summed E-state index contributed by atoms with van der Waals surface area (Å²) in [5, 5.41) is 0. The first-order chi connectivity index (χ1) is 17.8. The van der Waals surface area contributed by atoms with Gasteiger partial charge in [0.15, 0.2) is 21.4 Å². The summed E-state index contributed by atoms with van der Waals surface area (Å²) >= 11 is 0. The SMILES string of the molecule is CN(C)[C@H]1C[C@@H](c2cccc(C(F)(F)F)c2)CC[C@@H]1Oc1cc(F)c(S(=O)(=O)Cc2ccncn2)cc1F. The van der Waals surface area contributed by atoms with Crippen molar-refractivity contribution in [1.82, 2.24) is 14.9 Å². The van der Waals surface area contributed by atoms with Crippen LogP contribution in [0, 0.1) is 11.6 Å². The number of aromatic nitrogens is 2. The first-order valence-electron chi connectivity index (χ1n) is 11.8. The van der Waals surface area contributed by atoms with Crippen molar-refractivity contribution in [2.24, 2.45) is 0 Å². The van der Waals surface area contributed by atoms with Crippen molar-refractivity contribution in [3.05, 3.63) is 83.4 Å². The number of hydrogen-bond donors (Lipinski definition) is 0. The molecule has 1 heterocycles. The largest absolute Gasteiger partial charge is 0.486 e. The Balaban J connectivity index is 1.52. The van der Waals surface area contributed by atoms with E-state index in [1.807, 2.05) is 4.90 Å². The highest BCUT2D eigenvalue weighted by atomic mass is 32.2. The Morgan fingerprint density at radius 3 is 2.47 bits per heavy atom. The second-order valence-electron chi connectivity index (χ2n) is 9.49. The number of ether oxygens (including phenoxy) is 1. The zero-order chi connectivity index (χ0) is 27.7. The van der Waals surface area contributed by atoms with Crippen LogP contribution in [0.15, 0.2) is 59.9 Å². The Labute approximate surface area is 217 Å². The summed E-state index contributed by atoms with van der Waals surface area (Å²) in [5.74, 6) is -3.44. The van der Waals surface area contributed by atoms with Crippen LogP contribution >= 0.6 is 0 Å². The Morgan fingerprint density at radius 1 is 1.05 bits per heavy atom. The van der Waals surface area contributed by atoms with Crippen LogP contribution in [0.4, 0.5) is 22.0 Å². The van der Waals surface area contributed by atoms with Crippen LogP contribution in [0.2, 0.25) is 0 Å². The van der Waals surface area contributed by atoms with E-state index in [1.54, 1.807) is 20.2 Å². The standard InChI is InChI=1S/C26H26F5N3O3S/c1-34(2)22-11-17(16-4-3-5-18(10-16)26(29,30)31)6-7-23(22)37-24-12-21(28)25(13-20(24)27)38(35,36)14-19-8-9-32-15-33-19/h3-5,8-10,12-13,15,17,22-23H,6-7,11,14H2,1-2H3/t17-,22-,23-/m0/s1. The fourth-order valence-corrected chi connectivity index (χ4v) is 6.10. The zero-order valence-corrected chi connectivity index (χ0v) is 21.4. The van der Waals surface area contributed by atoms with Gasteiger partial charge >= 0.3 is 6.18 Å². The number of rotatable bonds is 7. The number of nitrogens with zero attached hydrogens (tertiary/aromatic N) is 3. The highest BCUT2D eigenvalue weighted by Gasteiger charge is 2.36. The lowest BCUT2D eigenvalue weighted by atomic mass is 9.79. The number of sulfone groups is 1. The molecule has 0 radical (unpaired) electrons. The van der Waals surface area contributed by atoms with Crippen molar-refractivity contribution in [3.8, 4) is 5.75 Å². The third-order valence-electron chi connectivity index (χ3n) is 6.68. The molecular weight excluding hydrogens is 529 g/mol. The molecule has 0 aliphatic heterocycles. The van der Waals surface area contributed by atoms with E-state index in [4.69, 9.17) is 4.74 Å². The molecule has 0 spiro atoms. The molecule has 1 fully saturated rings. The topological polar surface area (TPSA) is 72.4 Å². The maximum atomic E-state index is 15.0. The molecule has 204 valence electrons. The van der Waals surface area contributed by atoms with Gasteiger partial charge in [-0.05, 0) is 63.0 Å². The second-order valence-corrected chi connectivity index (χ2v) is 11.5. The fourth-order valence-electron chi connectivity index (χ4n) is 4.75. The monoisotopic (exact) mass is 555 g/mol. The van der Waals surface area contributed by atoms with Gasteiger partial charge in [0.2, 0.25) is 0 Å². The molecule has 0 bridgehead atoms. The van der Waals surface area contributed by atoms with Gasteiger partial charge in [-0.25, -0.2) is 27.2 Å². The van der Waals surface area contributed by atoms with Crippen molar-refractivity contribution in [2.75, 3.05) is 14.1 Å².